The summed E-state index contributed by atoms with van der Waals surface area (Å²) >= 11 is 0. The normalized spacial score (nSPS) is 28.1. The maximum atomic E-state index is 15.4. The zero-order valence-corrected chi connectivity index (χ0v) is 35.5. The molecule has 320 valence electrons. The third kappa shape index (κ3) is 8.32. The van der Waals surface area contributed by atoms with Gasteiger partial charge in [-0.3, -0.25) is 19.9 Å². The minimum Gasteiger partial charge on any atom is -0.490 e. The molecule has 0 aromatic heterocycles. The van der Waals surface area contributed by atoms with E-state index in [4.69, 9.17) is 9.73 Å². The first-order valence-electron chi connectivity index (χ1n) is 22.5. The van der Waals surface area contributed by atoms with Crippen molar-refractivity contribution in [2.75, 3.05) is 62.6 Å². The molecule has 5 unspecified atom stereocenters. The molecule has 0 spiro atoms. The molecular weight excluding hydrogens is 752 g/mol. The van der Waals surface area contributed by atoms with Crippen LogP contribution in [-0.4, -0.2) is 75.0 Å². The zero-order chi connectivity index (χ0) is 41.4. The number of hydrogen-bond donors (Lipinski definition) is 3. The van der Waals surface area contributed by atoms with Crippen molar-refractivity contribution in [2.24, 2.45) is 28.2 Å². The molecule has 10 heteroatoms. The molecule has 7 aliphatic rings. The van der Waals surface area contributed by atoms with E-state index in [0.717, 1.165) is 92.6 Å². The van der Waals surface area contributed by atoms with E-state index in [1.54, 1.807) is 6.08 Å². The third-order valence-corrected chi connectivity index (χ3v) is 14.9. The van der Waals surface area contributed by atoms with Crippen molar-refractivity contribution < 1.29 is 21.6 Å². The molecular formula is C50H65FN6O3. The van der Waals surface area contributed by atoms with Gasteiger partial charge in [-0.15, -0.1) is 5.73 Å². The second-order valence-corrected chi connectivity index (χ2v) is 18.6. The Kier molecular flexibility index (Phi) is 11.5. The highest BCUT2D eigenvalue weighted by Gasteiger charge is 2.38. The lowest BCUT2D eigenvalue weighted by molar-refractivity contribution is -0.134. The van der Waals surface area contributed by atoms with E-state index in [-0.39, 0.29) is 37.7 Å². The lowest BCUT2D eigenvalue weighted by Gasteiger charge is -2.44. The van der Waals surface area contributed by atoms with Gasteiger partial charge >= 0.3 is 0 Å². The first kappa shape index (κ1) is 40.3. The predicted molar refractivity (Wildman–Crippen MR) is 241 cm³/mol. The molecule has 5 heterocycles. The molecule has 2 amide bonds. The van der Waals surface area contributed by atoms with Gasteiger partial charge in [-0.2, -0.15) is 0 Å². The van der Waals surface area contributed by atoms with Crippen molar-refractivity contribution in [3.8, 4) is 5.75 Å². The van der Waals surface area contributed by atoms with Crippen molar-refractivity contribution in [1.29, 1.82) is 0 Å². The summed E-state index contributed by atoms with van der Waals surface area (Å²) in [6, 6.07) is 12.9. The number of halogens is 1. The Hall–Kier alpha value is -5.08. The topological polar surface area (TPSA) is 98.3 Å². The van der Waals surface area contributed by atoms with Crippen molar-refractivity contribution in [1.82, 2.24) is 15.5 Å². The third-order valence-electron chi connectivity index (χ3n) is 14.9. The maximum absolute atomic E-state index is 15.4. The Bertz CT molecular complexity index is 2190. The molecule has 9 rings (SSSR count). The van der Waals surface area contributed by atoms with Crippen LogP contribution in [0.2, 0.25) is 0 Å². The van der Waals surface area contributed by atoms with Crippen LogP contribution in [0.1, 0.15) is 103 Å². The number of carbonyl (C=O) groups excluding carboxylic acids is 2. The fraction of sp³-hybridized carbons (Fsp3) is 0.520. The van der Waals surface area contributed by atoms with Gasteiger partial charge in [0.25, 0.3) is 0 Å². The summed E-state index contributed by atoms with van der Waals surface area (Å²) in [5.74, 6) is 3.28. The number of allylic oxidation sites excluding steroid dienone is 3. The zero-order valence-electron chi connectivity index (χ0n) is 35.5. The fourth-order valence-electron chi connectivity index (χ4n) is 11.1. The highest BCUT2D eigenvalue weighted by Crippen LogP contribution is 2.46. The van der Waals surface area contributed by atoms with Gasteiger partial charge in [-0.1, -0.05) is 43.8 Å². The first-order valence-corrected chi connectivity index (χ1v) is 22.5. The number of piperidine rings is 3. The number of benzene rings is 2. The van der Waals surface area contributed by atoms with E-state index in [1.807, 2.05) is 0 Å². The maximum Gasteiger partial charge on any atom is 0.234 e. The number of fused-ring (bicyclic) bond motifs is 2. The van der Waals surface area contributed by atoms with Gasteiger partial charge < -0.3 is 25.2 Å². The van der Waals surface area contributed by atoms with E-state index >= 15 is 4.39 Å². The lowest BCUT2D eigenvalue weighted by atomic mass is 9.74. The van der Waals surface area contributed by atoms with E-state index in [9.17, 15) is 9.59 Å². The van der Waals surface area contributed by atoms with Crippen LogP contribution < -0.4 is 25.6 Å². The second kappa shape index (κ2) is 17.1. The van der Waals surface area contributed by atoms with E-state index in [0.29, 0.717) is 56.6 Å². The summed E-state index contributed by atoms with van der Waals surface area (Å²) in [4.78, 5) is 33.9. The summed E-state index contributed by atoms with van der Waals surface area (Å²) in [5, 5.41) is 9.67. The predicted octanol–water partition coefficient (Wildman–Crippen LogP) is 9.11. The molecule has 9 nitrogen and oxygen atoms in total. The number of ether oxygens (including phenoxy) is 1. The molecule has 2 aromatic carbocycles. The largest absolute Gasteiger partial charge is 0.490 e. The minimum absolute atomic E-state index is 0. The van der Waals surface area contributed by atoms with Crippen LogP contribution in [0.25, 0.3) is 0 Å². The number of aliphatic imine (C=N–C) groups is 1. The molecule has 1 saturated carbocycles. The summed E-state index contributed by atoms with van der Waals surface area (Å²) < 4.78 is 21.3. The monoisotopic (exact) mass is 817 g/mol. The number of carbonyl (C=O) groups is 2. The van der Waals surface area contributed by atoms with Crippen molar-refractivity contribution in [2.45, 2.75) is 89.9 Å². The van der Waals surface area contributed by atoms with Crippen LogP contribution in [0.3, 0.4) is 0 Å². The Morgan fingerprint density at radius 1 is 1.07 bits per heavy atom. The number of amidine groups is 1. The Morgan fingerprint density at radius 3 is 2.68 bits per heavy atom. The number of nitrogens with zero attached hydrogens (tertiary/aromatic N) is 3. The van der Waals surface area contributed by atoms with Crippen LogP contribution >= 0.6 is 0 Å². The minimum atomic E-state index is -0.236. The molecule has 60 heavy (non-hydrogen) atoms. The Labute approximate surface area is 358 Å². The standard InChI is InChI=1S/C50H61FN6O3.2H2/c1-4-41(56-21-17-35(18-22-56)38-11-10-37(26-38)34-6-8-36(9-7-34)42-12-16-47(58)55-49(42)59)27-39-25-33(5-13-43(39)51)29-53-46-28-40-30-57(23-19-50(40,3)31-54-46)44-14-15-45-48(32(44)2)52-20-24-60-45;;/h6-9,13-15,25,28,33,35,37-38,42,52H,1,5,10-12,16-24,26-27,29-31H2,2-3H3,(H,53,54)(H,55,58,59);2*1H. The summed E-state index contributed by atoms with van der Waals surface area (Å²) in [6.07, 6.45) is 15.3. The number of anilines is 2. The van der Waals surface area contributed by atoms with Gasteiger partial charge in [0, 0.05) is 66.1 Å². The first-order chi connectivity index (χ1) is 29.1. The van der Waals surface area contributed by atoms with Gasteiger partial charge in [-0.25, -0.2) is 4.39 Å². The number of rotatable bonds is 9. The molecule has 0 bridgehead atoms. The number of amides is 2. The molecule has 3 N–H and O–H groups in total. The quantitative estimate of drug-likeness (QED) is 0.172. The summed E-state index contributed by atoms with van der Waals surface area (Å²) in [5.41, 5.74) is 12.4. The molecule has 0 radical (unpaired) electrons. The van der Waals surface area contributed by atoms with Crippen molar-refractivity contribution in [3.63, 3.8) is 0 Å². The SMILES string of the molecule is C=C=C(CC1=CC(CNC2=NCC3(C)CCN(c4ccc5c(c4C)NCCO5)CC3=C2)CC=C1F)N1CCC(C2CCC(c3ccc(C4CCC(=O)NC4=O)cc3)C2)CC1.[HH].[HH]. The molecule has 2 aromatic rings. The lowest BCUT2D eigenvalue weighted by Crippen LogP contribution is -2.45. The number of dihydropyridines is 1. The van der Waals surface area contributed by atoms with Crippen LogP contribution in [0.4, 0.5) is 15.8 Å². The molecule has 2 aliphatic carbocycles. The molecule has 5 aliphatic heterocycles. The van der Waals surface area contributed by atoms with Crippen LogP contribution in [0.15, 0.2) is 94.6 Å². The van der Waals surface area contributed by atoms with Gasteiger partial charge in [0.15, 0.2) is 0 Å². The number of likely N-dealkylation sites (tertiary alicyclic amines) is 1. The van der Waals surface area contributed by atoms with E-state index in [2.05, 4.69) is 100 Å². The highest BCUT2D eigenvalue weighted by atomic mass is 19.1. The Balaban J connectivity index is 0.00000289. The second-order valence-electron chi connectivity index (χ2n) is 18.6. The van der Waals surface area contributed by atoms with Crippen LogP contribution in [0, 0.1) is 30.1 Å². The molecule has 3 saturated heterocycles. The average Bonchev–Trinajstić information content (AvgIpc) is 3.77. The molecule has 5 atom stereocenters. The van der Waals surface area contributed by atoms with Crippen LogP contribution in [0.5, 0.6) is 5.75 Å². The van der Waals surface area contributed by atoms with Gasteiger partial charge in [0.05, 0.1) is 23.8 Å². The smallest absolute Gasteiger partial charge is 0.234 e. The summed E-state index contributed by atoms with van der Waals surface area (Å²) in [6.45, 7) is 15.4. The number of hydrogen-bond acceptors (Lipinski definition) is 8. The summed E-state index contributed by atoms with van der Waals surface area (Å²) in [7, 11) is 0. The van der Waals surface area contributed by atoms with E-state index < -0.39 is 0 Å². The fourth-order valence-corrected chi connectivity index (χ4v) is 11.1. The van der Waals surface area contributed by atoms with Gasteiger partial charge in [-0.05, 0) is 134 Å². The van der Waals surface area contributed by atoms with Crippen LogP contribution in [-0.2, 0) is 9.59 Å². The van der Waals surface area contributed by atoms with Gasteiger partial charge in [0.1, 0.15) is 24.0 Å². The number of nitrogens with one attached hydrogen (secondary N) is 3. The molecule has 4 fully saturated rings. The average molecular weight is 817 g/mol. The van der Waals surface area contributed by atoms with Crippen molar-refractivity contribution in [3.05, 3.63) is 106 Å². The Morgan fingerprint density at radius 2 is 1.88 bits per heavy atom. The highest BCUT2D eigenvalue weighted by molar-refractivity contribution is 6.01. The van der Waals surface area contributed by atoms with E-state index in [1.165, 1.54) is 41.6 Å². The van der Waals surface area contributed by atoms with Crippen molar-refractivity contribution >= 4 is 29.0 Å². The number of imide groups is 1. The van der Waals surface area contributed by atoms with Gasteiger partial charge in [0.2, 0.25) is 11.8 Å².